The Bertz CT molecular complexity index is 560. The summed E-state index contributed by atoms with van der Waals surface area (Å²) in [6, 6.07) is 17.2. The van der Waals surface area contributed by atoms with Crippen molar-refractivity contribution < 1.29 is 4.92 Å². The van der Waals surface area contributed by atoms with Crippen molar-refractivity contribution in [2.45, 2.75) is 11.0 Å². The highest BCUT2D eigenvalue weighted by atomic mass is 35.5. The Balaban J connectivity index is 2.07. The summed E-state index contributed by atoms with van der Waals surface area (Å²) >= 11 is 7.43. The van der Waals surface area contributed by atoms with Gasteiger partial charge in [0.05, 0.1) is 5.25 Å². The van der Waals surface area contributed by atoms with Crippen molar-refractivity contribution in [3.63, 3.8) is 0 Å². The Morgan fingerprint density at radius 2 is 1.75 bits per heavy atom. The van der Waals surface area contributed by atoms with E-state index >= 15 is 0 Å². The summed E-state index contributed by atoms with van der Waals surface area (Å²) in [4.78, 5) is 10.6. The Kier molecular flexibility index (Phi) is 5.44. The standard InChI is InChI=1S/C15H14ClNO2S/c16-14-8-6-13(7-9-14)15(10-17(18)19)20-11-12-4-2-1-3-5-12/h1-9,15H,10-11H2/t15-/m1/s1. The van der Waals surface area contributed by atoms with Gasteiger partial charge in [-0.1, -0.05) is 54.1 Å². The SMILES string of the molecule is O=[N+]([O-])C[C@@H](SCc1ccccc1)c1ccc(Cl)cc1. The molecule has 0 radical (unpaired) electrons. The maximum atomic E-state index is 10.8. The molecule has 0 aromatic heterocycles. The highest BCUT2D eigenvalue weighted by Crippen LogP contribution is 2.32. The Morgan fingerprint density at radius 1 is 1.10 bits per heavy atom. The van der Waals surface area contributed by atoms with Gasteiger partial charge in [-0.15, -0.1) is 11.8 Å². The molecule has 0 saturated heterocycles. The van der Waals surface area contributed by atoms with Gasteiger partial charge in [-0.05, 0) is 23.3 Å². The molecule has 104 valence electrons. The van der Waals surface area contributed by atoms with Gasteiger partial charge in [0, 0.05) is 15.7 Å². The van der Waals surface area contributed by atoms with Gasteiger partial charge in [0.1, 0.15) is 0 Å². The summed E-state index contributed by atoms with van der Waals surface area (Å²) in [6.07, 6.45) is 0. The summed E-state index contributed by atoms with van der Waals surface area (Å²) in [5.41, 5.74) is 2.10. The first-order valence-corrected chi connectivity index (χ1v) is 7.60. The van der Waals surface area contributed by atoms with Crippen molar-refractivity contribution in [2.75, 3.05) is 6.54 Å². The minimum Gasteiger partial charge on any atom is -0.264 e. The van der Waals surface area contributed by atoms with Crippen molar-refractivity contribution in [1.29, 1.82) is 0 Å². The van der Waals surface area contributed by atoms with Crippen LogP contribution in [0.15, 0.2) is 54.6 Å². The molecule has 0 unspecified atom stereocenters. The molecule has 0 amide bonds. The van der Waals surface area contributed by atoms with Crippen LogP contribution in [-0.4, -0.2) is 11.5 Å². The lowest BCUT2D eigenvalue weighted by Gasteiger charge is -2.13. The normalized spacial score (nSPS) is 12.1. The predicted octanol–water partition coefficient (Wildman–Crippen LogP) is 4.59. The van der Waals surface area contributed by atoms with Crippen LogP contribution in [0.2, 0.25) is 5.02 Å². The second kappa shape index (κ2) is 7.31. The van der Waals surface area contributed by atoms with Gasteiger partial charge in [0.15, 0.2) is 0 Å². The van der Waals surface area contributed by atoms with Crippen LogP contribution < -0.4 is 0 Å². The number of halogens is 1. The zero-order valence-electron chi connectivity index (χ0n) is 10.7. The average molecular weight is 308 g/mol. The van der Waals surface area contributed by atoms with Gasteiger partial charge >= 0.3 is 0 Å². The van der Waals surface area contributed by atoms with Crippen LogP contribution in [0.1, 0.15) is 16.4 Å². The molecule has 3 nitrogen and oxygen atoms in total. The van der Waals surface area contributed by atoms with E-state index < -0.39 is 0 Å². The molecule has 1 atom stereocenters. The molecule has 0 spiro atoms. The Morgan fingerprint density at radius 3 is 2.35 bits per heavy atom. The number of nitrogens with zero attached hydrogens (tertiary/aromatic N) is 1. The number of rotatable bonds is 6. The molecule has 2 rings (SSSR count). The molecule has 0 aliphatic heterocycles. The highest BCUT2D eigenvalue weighted by molar-refractivity contribution is 7.98. The van der Waals surface area contributed by atoms with Crippen molar-refractivity contribution in [1.82, 2.24) is 0 Å². The third kappa shape index (κ3) is 4.54. The molecular formula is C15H14ClNO2S. The van der Waals surface area contributed by atoms with E-state index in [2.05, 4.69) is 0 Å². The minimum atomic E-state index is -0.267. The predicted molar refractivity (Wildman–Crippen MR) is 83.8 cm³/mol. The van der Waals surface area contributed by atoms with Crippen LogP contribution in [-0.2, 0) is 5.75 Å². The van der Waals surface area contributed by atoms with Crippen molar-refractivity contribution in [2.24, 2.45) is 0 Å². The molecule has 0 aliphatic carbocycles. The second-order valence-electron chi connectivity index (χ2n) is 4.35. The van der Waals surface area contributed by atoms with Crippen LogP contribution >= 0.6 is 23.4 Å². The zero-order valence-corrected chi connectivity index (χ0v) is 12.3. The van der Waals surface area contributed by atoms with Gasteiger partial charge in [-0.2, -0.15) is 0 Å². The number of benzene rings is 2. The van der Waals surface area contributed by atoms with Crippen LogP contribution in [0.5, 0.6) is 0 Å². The quantitative estimate of drug-likeness (QED) is 0.579. The molecule has 5 heteroatoms. The van der Waals surface area contributed by atoms with Crippen molar-refractivity contribution in [3.8, 4) is 0 Å². The summed E-state index contributed by atoms with van der Waals surface area (Å²) < 4.78 is 0. The molecule has 0 aliphatic rings. The second-order valence-corrected chi connectivity index (χ2v) is 5.98. The first-order valence-electron chi connectivity index (χ1n) is 6.18. The van der Waals surface area contributed by atoms with E-state index in [4.69, 9.17) is 11.6 Å². The third-order valence-electron chi connectivity index (χ3n) is 2.85. The van der Waals surface area contributed by atoms with Gasteiger partial charge in [-0.3, -0.25) is 10.1 Å². The number of hydrogen-bond acceptors (Lipinski definition) is 3. The minimum absolute atomic E-state index is 0.0842. The van der Waals surface area contributed by atoms with E-state index in [1.807, 2.05) is 42.5 Å². The number of thioether (sulfide) groups is 1. The van der Waals surface area contributed by atoms with Crippen LogP contribution in [0.3, 0.4) is 0 Å². The van der Waals surface area contributed by atoms with E-state index in [0.717, 1.165) is 11.3 Å². The lowest BCUT2D eigenvalue weighted by Crippen LogP contribution is -2.10. The first kappa shape index (κ1) is 14.9. The summed E-state index contributed by atoms with van der Waals surface area (Å²) in [6.45, 7) is -0.0842. The summed E-state index contributed by atoms with van der Waals surface area (Å²) in [7, 11) is 0. The monoisotopic (exact) mass is 307 g/mol. The molecule has 2 aromatic rings. The molecule has 0 fully saturated rings. The van der Waals surface area contributed by atoms with Gasteiger partial charge in [0.25, 0.3) is 0 Å². The smallest absolute Gasteiger partial charge is 0.219 e. The molecule has 0 N–H and O–H groups in total. The lowest BCUT2D eigenvalue weighted by atomic mass is 10.1. The lowest BCUT2D eigenvalue weighted by molar-refractivity contribution is -0.479. The van der Waals surface area contributed by atoms with Gasteiger partial charge in [-0.25, -0.2) is 0 Å². The fourth-order valence-electron chi connectivity index (χ4n) is 1.84. The van der Waals surface area contributed by atoms with Gasteiger partial charge in [0.2, 0.25) is 6.54 Å². The molecule has 20 heavy (non-hydrogen) atoms. The fraction of sp³-hybridized carbons (Fsp3) is 0.200. The highest BCUT2D eigenvalue weighted by Gasteiger charge is 2.18. The van der Waals surface area contributed by atoms with Crippen LogP contribution in [0.25, 0.3) is 0 Å². The number of nitro groups is 1. The van der Waals surface area contributed by atoms with Crippen molar-refractivity contribution in [3.05, 3.63) is 80.9 Å². The molecule has 0 saturated carbocycles. The van der Waals surface area contributed by atoms with E-state index in [0.29, 0.717) is 5.02 Å². The Labute approximate surface area is 127 Å². The maximum Gasteiger partial charge on any atom is 0.219 e. The van der Waals surface area contributed by atoms with E-state index in [1.165, 1.54) is 5.56 Å². The number of hydrogen-bond donors (Lipinski definition) is 0. The maximum absolute atomic E-state index is 10.8. The summed E-state index contributed by atoms with van der Waals surface area (Å²) in [5.74, 6) is 0.752. The third-order valence-corrected chi connectivity index (χ3v) is 4.43. The summed E-state index contributed by atoms with van der Waals surface area (Å²) in [5, 5.41) is 11.3. The van der Waals surface area contributed by atoms with Crippen LogP contribution in [0.4, 0.5) is 0 Å². The first-order chi connectivity index (χ1) is 9.65. The molecule has 0 heterocycles. The van der Waals surface area contributed by atoms with Gasteiger partial charge < -0.3 is 0 Å². The van der Waals surface area contributed by atoms with E-state index in [-0.39, 0.29) is 16.7 Å². The molecular weight excluding hydrogens is 294 g/mol. The molecule has 0 bridgehead atoms. The topological polar surface area (TPSA) is 43.1 Å². The largest absolute Gasteiger partial charge is 0.264 e. The average Bonchev–Trinajstić information content (AvgIpc) is 2.45. The Hall–Kier alpha value is -1.52. The van der Waals surface area contributed by atoms with Crippen LogP contribution in [0, 0.1) is 10.1 Å². The van der Waals surface area contributed by atoms with Crippen molar-refractivity contribution >= 4 is 23.4 Å². The fourth-order valence-corrected chi connectivity index (χ4v) is 3.13. The van der Waals surface area contributed by atoms with E-state index in [9.17, 15) is 10.1 Å². The molecule has 2 aromatic carbocycles. The zero-order chi connectivity index (χ0) is 14.4. The van der Waals surface area contributed by atoms with E-state index in [1.54, 1.807) is 23.9 Å².